The Morgan fingerprint density at radius 3 is 1.77 bits per heavy atom. The number of nitrogens with zero attached hydrogens (tertiary/aromatic N) is 1. The van der Waals surface area contributed by atoms with E-state index in [1.165, 1.54) is 17.6 Å². The molecule has 2 heteroatoms. The SMILES string of the molecule is CC(C)[N+]1(C(C)(C)C)CCOCC1. The van der Waals surface area contributed by atoms with Crippen LogP contribution in [0.1, 0.15) is 34.6 Å². The van der Waals surface area contributed by atoms with E-state index in [0.29, 0.717) is 11.6 Å². The van der Waals surface area contributed by atoms with Crippen molar-refractivity contribution in [2.24, 2.45) is 0 Å². The maximum atomic E-state index is 5.45. The fourth-order valence-electron chi connectivity index (χ4n) is 2.63. The fourth-order valence-corrected chi connectivity index (χ4v) is 2.63. The molecule has 0 aromatic heterocycles. The molecule has 0 spiro atoms. The van der Waals surface area contributed by atoms with E-state index in [4.69, 9.17) is 4.74 Å². The van der Waals surface area contributed by atoms with E-state index < -0.39 is 0 Å². The lowest BCUT2D eigenvalue weighted by Gasteiger charge is -2.53. The molecule has 0 amide bonds. The van der Waals surface area contributed by atoms with Crippen molar-refractivity contribution in [3.8, 4) is 0 Å². The summed E-state index contributed by atoms with van der Waals surface area (Å²) in [6, 6.07) is 0.698. The third-order valence-corrected chi connectivity index (χ3v) is 3.59. The lowest BCUT2D eigenvalue weighted by Crippen LogP contribution is -2.68. The van der Waals surface area contributed by atoms with Crippen LogP contribution in [0.25, 0.3) is 0 Å². The number of quaternary nitrogens is 1. The normalized spacial score (nSPS) is 23.5. The summed E-state index contributed by atoms with van der Waals surface area (Å²) in [5.74, 6) is 0. The van der Waals surface area contributed by atoms with Gasteiger partial charge >= 0.3 is 0 Å². The molecule has 0 atom stereocenters. The zero-order valence-electron chi connectivity index (χ0n) is 9.76. The molecule has 1 saturated heterocycles. The molecule has 1 rings (SSSR count). The summed E-state index contributed by atoms with van der Waals surface area (Å²) < 4.78 is 6.66. The smallest absolute Gasteiger partial charge is 0.103 e. The predicted octanol–water partition coefficient (Wildman–Crippen LogP) is 2.04. The highest BCUT2D eigenvalue weighted by Gasteiger charge is 2.43. The number of morpholine rings is 1. The van der Waals surface area contributed by atoms with Gasteiger partial charge in [-0.25, -0.2) is 0 Å². The van der Waals surface area contributed by atoms with Crippen molar-refractivity contribution < 1.29 is 9.22 Å². The van der Waals surface area contributed by atoms with Gasteiger partial charge in [-0.2, -0.15) is 0 Å². The van der Waals surface area contributed by atoms with Crippen LogP contribution in [-0.2, 0) is 4.74 Å². The fraction of sp³-hybridized carbons (Fsp3) is 1.00. The van der Waals surface area contributed by atoms with Crippen molar-refractivity contribution >= 4 is 0 Å². The molecule has 13 heavy (non-hydrogen) atoms. The highest BCUT2D eigenvalue weighted by atomic mass is 16.5. The van der Waals surface area contributed by atoms with E-state index in [1.807, 2.05) is 0 Å². The van der Waals surface area contributed by atoms with Gasteiger partial charge in [-0.05, 0) is 34.6 Å². The van der Waals surface area contributed by atoms with Gasteiger partial charge in [-0.3, -0.25) is 0 Å². The van der Waals surface area contributed by atoms with Crippen LogP contribution < -0.4 is 0 Å². The standard InChI is InChI=1S/C11H24NO/c1-10(2)12(11(3,4)5)6-8-13-9-7-12/h10H,6-9H2,1-5H3/q+1. The summed E-state index contributed by atoms with van der Waals surface area (Å²) in [7, 11) is 0. The lowest BCUT2D eigenvalue weighted by atomic mass is 9.97. The van der Waals surface area contributed by atoms with Gasteiger partial charge in [0.05, 0.1) is 24.8 Å². The van der Waals surface area contributed by atoms with E-state index in [9.17, 15) is 0 Å². The maximum absolute atomic E-state index is 5.45. The van der Waals surface area contributed by atoms with Crippen molar-refractivity contribution in [3.05, 3.63) is 0 Å². The Morgan fingerprint density at radius 2 is 1.54 bits per heavy atom. The molecular formula is C11H24NO+. The molecule has 1 aliphatic rings. The van der Waals surface area contributed by atoms with Crippen molar-refractivity contribution in [1.29, 1.82) is 0 Å². The molecule has 1 aliphatic heterocycles. The second kappa shape index (κ2) is 3.58. The van der Waals surface area contributed by atoms with Gasteiger partial charge in [0.15, 0.2) is 0 Å². The van der Waals surface area contributed by atoms with Gasteiger partial charge in [-0.1, -0.05) is 0 Å². The quantitative estimate of drug-likeness (QED) is 0.569. The lowest BCUT2D eigenvalue weighted by molar-refractivity contribution is -0.994. The van der Waals surface area contributed by atoms with E-state index >= 15 is 0 Å². The first-order valence-electron chi connectivity index (χ1n) is 5.35. The Labute approximate surface area is 82.5 Å². The van der Waals surface area contributed by atoms with Crippen LogP contribution in [0.2, 0.25) is 0 Å². The minimum Gasteiger partial charge on any atom is -0.370 e. The minimum atomic E-state index is 0.345. The Morgan fingerprint density at radius 1 is 1.08 bits per heavy atom. The third kappa shape index (κ3) is 1.89. The van der Waals surface area contributed by atoms with Crippen molar-refractivity contribution in [1.82, 2.24) is 0 Å². The van der Waals surface area contributed by atoms with E-state index in [1.54, 1.807) is 0 Å². The summed E-state index contributed by atoms with van der Waals surface area (Å²) in [6.45, 7) is 15.9. The molecule has 0 aromatic rings. The Kier molecular flexibility index (Phi) is 3.03. The van der Waals surface area contributed by atoms with Crippen LogP contribution in [0, 0.1) is 0 Å². The van der Waals surface area contributed by atoms with Crippen molar-refractivity contribution in [3.63, 3.8) is 0 Å². The van der Waals surface area contributed by atoms with Crippen LogP contribution >= 0.6 is 0 Å². The topological polar surface area (TPSA) is 9.23 Å². The molecule has 1 fully saturated rings. The molecule has 0 N–H and O–H groups in total. The summed E-state index contributed by atoms with van der Waals surface area (Å²) >= 11 is 0. The van der Waals surface area contributed by atoms with Crippen LogP contribution in [0.3, 0.4) is 0 Å². The Balaban J connectivity index is 2.86. The van der Waals surface area contributed by atoms with Crippen LogP contribution in [0.15, 0.2) is 0 Å². The molecule has 0 aromatic carbocycles. The highest BCUT2D eigenvalue weighted by molar-refractivity contribution is 4.68. The molecule has 2 nitrogen and oxygen atoms in total. The number of ether oxygens (including phenoxy) is 1. The van der Waals surface area contributed by atoms with Crippen molar-refractivity contribution in [2.45, 2.75) is 46.2 Å². The Bertz CT molecular complexity index is 163. The van der Waals surface area contributed by atoms with E-state index in [0.717, 1.165) is 13.2 Å². The summed E-state index contributed by atoms with van der Waals surface area (Å²) in [5.41, 5.74) is 0.345. The second-order valence-corrected chi connectivity index (χ2v) is 5.36. The first-order chi connectivity index (χ1) is 5.90. The molecule has 0 aliphatic carbocycles. The zero-order chi connectivity index (χ0) is 10.1. The van der Waals surface area contributed by atoms with Gasteiger partial charge in [-0.15, -0.1) is 0 Å². The zero-order valence-corrected chi connectivity index (χ0v) is 9.76. The average molecular weight is 186 g/mol. The molecule has 0 saturated carbocycles. The summed E-state index contributed by atoms with van der Waals surface area (Å²) in [4.78, 5) is 0. The second-order valence-electron chi connectivity index (χ2n) is 5.36. The van der Waals surface area contributed by atoms with Gasteiger partial charge < -0.3 is 9.22 Å². The molecule has 0 unspecified atom stereocenters. The Hall–Kier alpha value is -0.0800. The van der Waals surface area contributed by atoms with E-state index in [-0.39, 0.29) is 0 Å². The van der Waals surface area contributed by atoms with Crippen LogP contribution in [-0.4, -0.2) is 42.4 Å². The monoisotopic (exact) mass is 186 g/mol. The van der Waals surface area contributed by atoms with Crippen molar-refractivity contribution in [2.75, 3.05) is 26.3 Å². The molecule has 0 radical (unpaired) electrons. The molecule has 1 heterocycles. The maximum Gasteiger partial charge on any atom is 0.103 e. The number of hydrogen-bond acceptors (Lipinski definition) is 1. The minimum absolute atomic E-state index is 0.345. The highest BCUT2D eigenvalue weighted by Crippen LogP contribution is 2.29. The predicted molar refractivity (Wildman–Crippen MR) is 55.7 cm³/mol. The first-order valence-corrected chi connectivity index (χ1v) is 5.35. The van der Waals surface area contributed by atoms with Gasteiger partial charge in [0, 0.05) is 0 Å². The first kappa shape index (κ1) is 11.0. The van der Waals surface area contributed by atoms with Crippen LogP contribution in [0.4, 0.5) is 0 Å². The molecule has 0 bridgehead atoms. The van der Waals surface area contributed by atoms with Gasteiger partial charge in [0.25, 0.3) is 0 Å². The largest absolute Gasteiger partial charge is 0.370 e. The average Bonchev–Trinajstić information content (AvgIpc) is 2.03. The number of rotatable bonds is 1. The number of hydrogen-bond donors (Lipinski definition) is 0. The molecule has 78 valence electrons. The van der Waals surface area contributed by atoms with Gasteiger partial charge in [0.1, 0.15) is 13.1 Å². The van der Waals surface area contributed by atoms with Gasteiger partial charge in [0.2, 0.25) is 0 Å². The third-order valence-electron chi connectivity index (χ3n) is 3.59. The van der Waals surface area contributed by atoms with E-state index in [2.05, 4.69) is 34.6 Å². The molecular weight excluding hydrogens is 162 g/mol. The van der Waals surface area contributed by atoms with Crippen LogP contribution in [0.5, 0.6) is 0 Å². The summed E-state index contributed by atoms with van der Waals surface area (Å²) in [6.07, 6.45) is 0. The summed E-state index contributed by atoms with van der Waals surface area (Å²) in [5, 5.41) is 0.